The zero-order valence-corrected chi connectivity index (χ0v) is 20.3. The third kappa shape index (κ3) is 5.74. The van der Waals surface area contributed by atoms with E-state index in [-0.39, 0.29) is 16.7 Å². The molecule has 1 fully saturated rings. The second-order valence-corrected chi connectivity index (χ2v) is 9.26. The monoisotopic (exact) mass is 532 g/mol. The minimum absolute atomic E-state index is 0.232. The van der Waals surface area contributed by atoms with Gasteiger partial charge in [0.1, 0.15) is 5.75 Å². The summed E-state index contributed by atoms with van der Waals surface area (Å²) in [6, 6.07) is 18.7. The molecule has 0 radical (unpaired) electrons. The molecule has 4 rings (SSSR count). The maximum absolute atomic E-state index is 13.4. The quantitative estimate of drug-likeness (QED) is 0.348. The van der Waals surface area contributed by atoms with Crippen LogP contribution >= 0.6 is 46.6 Å². The molecule has 6 nitrogen and oxygen atoms in total. The predicted octanol–water partition coefficient (Wildman–Crippen LogP) is 6.92. The van der Waals surface area contributed by atoms with Gasteiger partial charge in [-0.05, 0) is 84.1 Å². The van der Waals surface area contributed by atoms with Gasteiger partial charge in [0.05, 0.1) is 21.3 Å². The number of carbonyl (C=O) groups excluding carboxylic acids is 1. The summed E-state index contributed by atoms with van der Waals surface area (Å²) in [6.45, 7) is -0.505. The first-order valence-corrected chi connectivity index (χ1v) is 11.7. The van der Waals surface area contributed by atoms with Gasteiger partial charge < -0.3 is 9.84 Å². The van der Waals surface area contributed by atoms with Crippen LogP contribution in [0.2, 0.25) is 15.1 Å². The van der Waals surface area contributed by atoms with Gasteiger partial charge in [0.25, 0.3) is 5.91 Å². The van der Waals surface area contributed by atoms with Crippen molar-refractivity contribution in [1.82, 2.24) is 0 Å². The highest BCUT2D eigenvalue weighted by molar-refractivity contribution is 8.19. The molecular formula is C24H15Cl3N2O4S. The predicted molar refractivity (Wildman–Crippen MR) is 138 cm³/mol. The van der Waals surface area contributed by atoms with Gasteiger partial charge in [0, 0.05) is 10.0 Å². The first kappa shape index (κ1) is 24.2. The fourth-order valence-electron chi connectivity index (χ4n) is 3.01. The molecule has 0 aromatic heterocycles. The summed E-state index contributed by atoms with van der Waals surface area (Å²) in [5, 5.41) is 10.6. The summed E-state index contributed by atoms with van der Waals surface area (Å²) in [7, 11) is 0. The number of hydrogen-bond donors (Lipinski definition) is 1. The van der Waals surface area contributed by atoms with Crippen LogP contribution in [0.25, 0.3) is 6.08 Å². The van der Waals surface area contributed by atoms with Crippen LogP contribution in [0.3, 0.4) is 0 Å². The van der Waals surface area contributed by atoms with Crippen molar-refractivity contribution in [3.05, 3.63) is 92.3 Å². The lowest BCUT2D eigenvalue weighted by Gasteiger charge is -2.15. The number of amidine groups is 1. The number of amides is 1. The molecule has 34 heavy (non-hydrogen) atoms. The van der Waals surface area contributed by atoms with E-state index in [0.29, 0.717) is 37.1 Å². The van der Waals surface area contributed by atoms with Gasteiger partial charge in [-0.1, -0.05) is 40.9 Å². The molecule has 3 aromatic rings. The lowest BCUT2D eigenvalue weighted by molar-refractivity contribution is -0.139. The van der Waals surface area contributed by atoms with Gasteiger partial charge in [-0.2, -0.15) is 0 Å². The summed E-state index contributed by atoms with van der Waals surface area (Å²) in [5.74, 6) is -1.13. The van der Waals surface area contributed by atoms with E-state index in [0.717, 1.165) is 0 Å². The Morgan fingerprint density at radius 3 is 2.26 bits per heavy atom. The minimum Gasteiger partial charge on any atom is -0.480 e. The van der Waals surface area contributed by atoms with E-state index < -0.39 is 12.6 Å². The summed E-state index contributed by atoms with van der Waals surface area (Å²) >= 11 is 19.4. The molecule has 0 saturated carbocycles. The van der Waals surface area contributed by atoms with Crippen LogP contribution in [-0.4, -0.2) is 28.8 Å². The molecule has 1 aliphatic heterocycles. The van der Waals surface area contributed by atoms with Gasteiger partial charge in [0.2, 0.25) is 0 Å². The maximum Gasteiger partial charge on any atom is 0.341 e. The van der Waals surface area contributed by atoms with Crippen LogP contribution in [0, 0.1) is 0 Å². The van der Waals surface area contributed by atoms with Crippen molar-refractivity contribution in [3.8, 4) is 5.75 Å². The number of rotatable bonds is 6. The molecule has 1 saturated heterocycles. The second kappa shape index (κ2) is 10.5. The first-order chi connectivity index (χ1) is 16.3. The summed E-state index contributed by atoms with van der Waals surface area (Å²) in [6.07, 6.45) is 1.69. The highest BCUT2D eigenvalue weighted by Gasteiger charge is 2.34. The van der Waals surface area contributed by atoms with E-state index in [1.54, 1.807) is 72.8 Å². The lowest BCUT2D eigenvalue weighted by atomic mass is 10.2. The van der Waals surface area contributed by atoms with Gasteiger partial charge in [-0.25, -0.2) is 9.79 Å². The number of halogens is 3. The topological polar surface area (TPSA) is 79.2 Å². The number of carbonyl (C=O) groups is 2. The third-order valence-corrected chi connectivity index (χ3v) is 6.32. The number of benzene rings is 3. The molecule has 1 N–H and O–H groups in total. The van der Waals surface area contributed by atoms with E-state index >= 15 is 0 Å². The molecule has 172 valence electrons. The number of hydrogen-bond acceptors (Lipinski definition) is 5. The molecule has 10 heteroatoms. The maximum atomic E-state index is 13.4. The fraction of sp³-hybridized carbons (Fsp3) is 0.0417. The number of aliphatic carboxylic acids is 1. The van der Waals surface area contributed by atoms with Crippen molar-refractivity contribution < 1.29 is 19.4 Å². The lowest BCUT2D eigenvalue weighted by Crippen LogP contribution is -2.28. The summed E-state index contributed by atoms with van der Waals surface area (Å²) in [4.78, 5) is 30.7. The molecule has 0 unspecified atom stereocenters. The number of ether oxygens (including phenoxy) is 1. The van der Waals surface area contributed by atoms with Crippen LogP contribution in [0.15, 0.2) is 76.6 Å². The van der Waals surface area contributed by atoms with Crippen molar-refractivity contribution in [3.63, 3.8) is 0 Å². The van der Waals surface area contributed by atoms with Crippen molar-refractivity contribution >= 4 is 81.1 Å². The van der Waals surface area contributed by atoms with Crippen LogP contribution in [0.1, 0.15) is 5.56 Å². The highest BCUT2D eigenvalue weighted by atomic mass is 35.5. The minimum atomic E-state index is -1.11. The van der Waals surface area contributed by atoms with Gasteiger partial charge >= 0.3 is 5.97 Å². The Bertz CT molecular complexity index is 1310. The molecular weight excluding hydrogens is 519 g/mol. The molecule has 0 aliphatic carbocycles. The van der Waals surface area contributed by atoms with Crippen molar-refractivity contribution in [1.29, 1.82) is 0 Å². The van der Waals surface area contributed by atoms with Gasteiger partial charge in [-0.15, -0.1) is 0 Å². The standard InChI is InChI=1S/C24H15Cl3N2O4S/c25-15-2-6-17(7-3-15)28-24-29(18-8-4-16(26)5-9-18)23(32)21(34-24)12-14-1-10-20(19(27)11-14)33-13-22(30)31/h1-12H,13H2,(H,30,31)/b21-12-,28-24?. The zero-order valence-electron chi connectivity index (χ0n) is 17.2. The average molecular weight is 534 g/mol. The molecule has 0 spiro atoms. The fourth-order valence-corrected chi connectivity index (χ4v) is 4.50. The van der Waals surface area contributed by atoms with E-state index in [1.165, 1.54) is 16.7 Å². The van der Waals surface area contributed by atoms with Gasteiger partial charge in [-0.3, -0.25) is 9.69 Å². The largest absolute Gasteiger partial charge is 0.480 e. The average Bonchev–Trinajstić information content (AvgIpc) is 3.10. The Balaban J connectivity index is 1.68. The number of nitrogens with zero attached hydrogens (tertiary/aromatic N) is 2. The van der Waals surface area contributed by atoms with Gasteiger partial charge in [0.15, 0.2) is 11.8 Å². The van der Waals surface area contributed by atoms with Crippen LogP contribution < -0.4 is 9.64 Å². The SMILES string of the molecule is O=C(O)COc1ccc(/C=C2\SC(=Nc3ccc(Cl)cc3)N(c3ccc(Cl)cc3)C2=O)cc1Cl. The van der Waals surface area contributed by atoms with Crippen LogP contribution in [-0.2, 0) is 9.59 Å². The number of aliphatic imine (C=N–C) groups is 1. The Morgan fingerprint density at radius 1 is 1.00 bits per heavy atom. The van der Waals surface area contributed by atoms with E-state index in [2.05, 4.69) is 4.99 Å². The van der Waals surface area contributed by atoms with Crippen molar-refractivity contribution in [2.24, 2.45) is 4.99 Å². The molecule has 1 aliphatic rings. The third-order valence-electron chi connectivity index (χ3n) is 4.55. The van der Waals surface area contributed by atoms with E-state index in [9.17, 15) is 9.59 Å². The normalized spacial score (nSPS) is 15.9. The number of carboxylic acids is 1. The first-order valence-electron chi connectivity index (χ1n) is 9.78. The number of thioether (sulfide) groups is 1. The molecule has 0 bridgehead atoms. The smallest absolute Gasteiger partial charge is 0.341 e. The molecule has 1 heterocycles. The van der Waals surface area contributed by atoms with Crippen LogP contribution in [0.4, 0.5) is 11.4 Å². The summed E-state index contributed by atoms with van der Waals surface area (Å²) in [5.41, 5.74) is 1.91. The molecule has 0 atom stereocenters. The van der Waals surface area contributed by atoms with Crippen molar-refractivity contribution in [2.75, 3.05) is 11.5 Å². The number of carboxylic acid groups (broad SMARTS) is 1. The Hall–Kier alpha value is -2.97. The second-order valence-electron chi connectivity index (χ2n) is 6.97. The van der Waals surface area contributed by atoms with Crippen molar-refractivity contribution in [2.45, 2.75) is 0 Å². The Kier molecular flexibility index (Phi) is 7.48. The summed E-state index contributed by atoms with van der Waals surface area (Å²) < 4.78 is 5.15. The Labute approximate surface area is 214 Å². The number of anilines is 1. The zero-order chi connectivity index (χ0) is 24.2. The highest BCUT2D eigenvalue weighted by Crippen LogP contribution is 2.38. The van der Waals surface area contributed by atoms with E-state index in [4.69, 9.17) is 44.6 Å². The van der Waals surface area contributed by atoms with Crippen LogP contribution in [0.5, 0.6) is 5.75 Å². The Morgan fingerprint density at radius 2 is 1.65 bits per heavy atom. The molecule has 1 amide bonds. The molecule has 3 aromatic carbocycles. The van der Waals surface area contributed by atoms with E-state index in [1.807, 2.05) is 0 Å².